The molecule has 1 unspecified atom stereocenters. The number of amides is 1. The van der Waals surface area contributed by atoms with Crippen molar-refractivity contribution in [1.29, 1.82) is 0 Å². The Labute approximate surface area is 115 Å². The zero-order valence-corrected chi connectivity index (χ0v) is 11.6. The summed E-state index contributed by atoms with van der Waals surface area (Å²) in [5.41, 5.74) is 5.86. The largest absolute Gasteiger partial charge is 0.350 e. The number of imidazole rings is 1. The Morgan fingerprint density at radius 2 is 2.42 bits per heavy atom. The van der Waals surface area contributed by atoms with Crippen LogP contribution < -0.4 is 11.1 Å². The van der Waals surface area contributed by atoms with E-state index in [0.29, 0.717) is 25.3 Å². The number of carbonyl (C=O) groups is 1. The van der Waals surface area contributed by atoms with Gasteiger partial charge in [-0.25, -0.2) is 9.97 Å². The van der Waals surface area contributed by atoms with Gasteiger partial charge in [0.1, 0.15) is 5.69 Å². The van der Waals surface area contributed by atoms with Crippen molar-refractivity contribution < 1.29 is 4.79 Å². The van der Waals surface area contributed by atoms with Crippen molar-refractivity contribution in [1.82, 2.24) is 19.9 Å². The summed E-state index contributed by atoms with van der Waals surface area (Å²) >= 11 is 1.59. The molecule has 1 atom stereocenters. The first-order chi connectivity index (χ1) is 9.20. The molecule has 0 fully saturated rings. The molecule has 7 heteroatoms. The molecule has 2 aromatic heterocycles. The predicted molar refractivity (Wildman–Crippen MR) is 74.1 cm³/mol. The predicted octanol–water partition coefficient (Wildman–Crippen LogP) is 0.832. The van der Waals surface area contributed by atoms with Gasteiger partial charge in [0.25, 0.3) is 5.91 Å². The third kappa shape index (κ3) is 3.62. The zero-order chi connectivity index (χ0) is 13.7. The quantitative estimate of drug-likeness (QED) is 0.820. The van der Waals surface area contributed by atoms with Gasteiger partial charge in [0.05, 0.1) is 11.3 Å². The number of nitrogens with zero attached hydrogens (tertiary/aromatic N) is 3. The molecule has 0 spiro atoms. The van der Waals surface area contributed by atoms with Gasteiger partial charge in [0.2, 0.25) is 0 Å². The van der Waals surface area contributed by atoms with Crippen LogP contribution in [0.1, 0.15) is 28.3 Å². The first kappa shape index (κ1) is 13.7. The molecule has 0 saturated carbocycles. The topological polar surface area (TPSA) is 85.8 Å². The summed E-state index contributed by atoms with van der Waals surface area (Å²) in [6.45, 7) is 3.77. The van der Waals surface area contributed by atoms with E-state index in [9.17, 15) is 4.79 Å². The first-order valence-corrected chi connectivity index (χ1v) is 6.98. The molecule has 0 aliphatic carbocycles. The minimum Gasteiger partial charge on any atom is -0.350 e. The fourth-order valence-corrected chi connectivity index (χ4v) is 2.35. The summed E-state index contributed by atoms with van der Waals surface area (Å²) in [5, 5.41) is 5.82. The third-order valence-electron chi connectivity index (χ3n) is 2.69. The lowest BCUT2D eigenvalue weighted by Crippen LogP contribution is -2.27. The van der Waals surface area contributed by atoms with Gasteiger partial charge >= 0.3 is 0 Å². The minimum absolute atomic E-state index is 0.167. The van der Waals surface area contributed by atoms with Crippen molar-refractivity contribution in [3.8, 4) is 0 Å². The summed E-state index contributed by atoms with van der Waals surface area (Å²) in [6.07, 6.45) is 5.09. The molecule has 0 bridgehead atoms. The monoisotopic (exact) mass is 279 g/mol. The summed E-state index contributed by atoms with van der Waals surface area (Å²) in [4.78, 5) is 20.2. The molecule has 1 amide bonds. The van der Waals surface area contributed by atoms with E-state index in [4.69, 9.17) is 5.73 Å². The molecule has 0 aromatic carbocycles. The molecule has 102 valence electrons. The average molecular weight is 279 g/mol. The fourth-order valence-electron chi connectivity index (χ4n) is 1.65. The van der Waals surface area contributed by atoms with Gasteiger partial charge in [0.15, 0.2) is 0 Å². The van der Waals surface area contributed by atoms with Crippen molar-refractivity contribution in [3.05, 3.63) is 34.8 Å². The number of carbonyl (C=O) groups excluding carboxylic acids is 1. The standard InChI is InChI=1S/C12H17N5OS/c1-9(12-14-3-5-19-12)6-15-11(18)10-7-17(4-2-13)8-16-10/h3,5,7-9H,2,4,6,13H2,1H3,(H,15,18). The van der Waals surface area contributed by atoms with Crippen LogP contribution in [0.3, 0.4) is 0 Å². The van der Waals surface area contributed by atoms with Crippen LogP contribution in [-0.4, -0.2) is 33.5 Å². The van der Waals surface area contributed by atoms with Crippen LogP contribution in [-0.2, 0) is 6.54 Å². The second-order valence-corrected chi connectivity index (χ2v) is 5.19. The molecule has 6 nitrogen and oxygen atoms in total. The zero-order valence-electron chi connectivity index (χ0n) is 10.7. The number of hydrogen-bond acceptors (Lipinski definition) is 5. The van der Waals surface area contributed by atoms with Gasteiger partial charge in [-0.1, -0.05) is 6.92 Å². The Morgan fingerprint density at radius 1 is 1.58 bits per heavy atom. The number of aromatic nitrogens is 3. The molecule has 0 saturated heterocycles. The summed E-state index contributed by atoms with van der Waals surface area (Å²) in [5.74, 6) is 0.0363. The van der Waals surface area contributed by atoms with Crippen LogP contribution in [0.25, 0.3) is 0 Å². The van der Waals surface area contributed by atoms with Crippen LogP contribution >= 0.6 is 11.3 Å². The van der Waals surface area contributed by atoms with Gasteiger partial charge in [-0.3, -0.25) is 4.79 Å². The Bertz CT molecular complexity index is 522. The number of rotatable bonds is 6. The Balaban J connectivity index is 1.86. The molecular formula is C12H17N5OS. The minimum atomic E-state index is -0.167. The van der Waals surface area contributed by atoms with E-state index < -0.39 is 0 Å². The number of nitrogens with two attached hydrogens (primary N) is 1. The highest BCUT2D eigenvalue weighted by Crippen LogP contribution is 2.16. The summed E-state index contributed by atoms with van der Waals surface area (Å²) in [7, 11) is 0. The molecule has 3 N–H and O–H groups in total. The lowest BCUT2D eigenvalue weighted by Gasteiger charge is -2.08. The van der Waals surface area contributed by atoms with Gasteiger partial charge in [-0.2, -0.15) is 0 Å². The maximum atomic E-state index is 11.9. The Kier molecular flexibility index (Phi) is 4.64. The molecule has 19 heavy (non-hydrogen) atoms. The van der Waals surface area contributed by atoms with Crippen molar-refractivity contribution in [2.24, 2.45) is 5.73 Å². The van der Waals surface area contributed by atoms with Crippen LogP contribution in [0.2, 0.25) is 0 Å². The smallest absolute Gasteiger partial charge is 0.271 e. The van der Waals surface area contributed by atoms with E-state index in [0.717, 1.165) is 5.01 Å². The third-order valence-corrected chi connectivity index (χ3v) is 3.70. The molecule has 2 heterocycles. The molecule has 2 aromatic rings. The highest BCUT2D eigenvalue weighted by Gasteiger charge is 2.13. The molecule has 2 rings (SSSR count). The van der Waals surface area contributed by atoms with E-state index in [2.05, 4.69) is 15.3 Å². The van der Waals surface area contributed by atoms with E-state index in [1.54, 1.807) is 34.6 Å². The normalized spacial score (nSPS) is 12.3. The summed E-state index contributed by atoms with van der Waals surface area (Å²) in [6, 6.07) is 0. The van der Waals surface area contributed by atoms with Crippen molar-refractivity contribution in [2.75, 3.05) is 13.1 Å². The van der Waals surface area contributed by atoms with Crippen molar-refractivity contribution in [2.45, 2.75) is 19.4 Å². The van der Waals surface area contributed by atoms with Crippen LogP contribution in [0.4, 0.5) is 0 Å². The fraction of sp³-hybridized carbons (Fsp3) is 0.417. The first-order valence-electron chi connectivity index (χ1n) is 6.10. The maximum absolute atomic E-state index is 11.9. The van der Waals surface area contributed by atoms with E-state index in [1.807, 2.05) is 12.3 Å². The highest BCUT2D eigenvalue weighted by atomic mass is 32.1. The van der Waals surface area contributed by atoms with E-state index in [1.165, 1.54) is 0 Å². The maximum Gasteiger partial charge on any atom is 0.271 e. The molecule has 0 radical (unpaired) electrons. The number of hydrogen-bond donors (Lipinski definition) is 2. The second kappa shape index (κ2) is 6.44. The lowest BCUT2D eigenvalue weighted by molar-refractivity contribution is 0.0947. The van der Waals surface area contributed by atoms with Crippen LogP contribution in [0.15, 0.2) is 24.1 Å². The van der Waals surface area contributed by atoms with E-state index >= 15 is 0 Å². The molecular weight excluding hydrogens is 262 g/mol. The SMILES string of the molecule is CC(CNC(=O)c1cn(CCN)cn1)c1nccs1. The average Bonchev–Trinajstić information content (AvgIpc) is 3.06. The van der Waals surface area contributed by atoms with Gasteiger partial charge in [-0.15, -0.1) is 11.3 Å². The number of nitrogens with one attached hydrogen (secondary N) is 1. The van der Waals surface area contributed by atoms with Gasteiger partial charge in [-0.05, 0) is 0 Å². The summed E-state index contributed by atoms with van der Waals surface area (Å²) < 4.78 is 1.80. The number of thiazole rings is 1. The van der Waals surface area contributed by atoms with Crippen molar-refractivity contribution in [3.63, 3.8) is 0 Å². The van der Waals surface area contributed by atoms with Crippen molar-refractivity contribution >= 4 is 17.2 Å². The van der Waals surface area contributed by atoms with Crippen LogP contribution in [0, 0.1) is 0 Å². The highest BCUT2D eigenvalue weighted by molar-refractivity contribution is 7.09. The van der Waals surface area contributed by atoms with E-state index in [-0.39, 0.29) is 11.8 Å². The van der Waals surface area contributed by atoms with Gasteiger partial charge in [0, 0.05) is 43.3 Å². The Hall–Kier alpha value is -1.73. The second-order valence-electron chi connectivity index (χ2n) is 4.27. The van der Waals surface area contributed by atoms with Crippen LogP contribution in [0.5, 0.6) is 0 Å². The Morgan fingerprint density at radius 3 is 3.11 bits per heavy atom. The molecule has 0 aliphatic rings. The van der Waals surface area contributed by atoms with Gasteiger partial charge < -0.3 is 15.6 Å². The molecule has 0 aliphatic heterocycles. The lowest BCUT2D eigenvalue weighted by atomic mass is 10.2.